The van der Waals surface area contributed by atoms with E-state index < -0.39 is 0 Å². The summed E-state index contributed by atoms with van der Waals surface area (Å²) in [7, 11) is 2.30. The molecular weight excluding hydrogens is 155 g/mol. The van der Waals surface area contributed by atoms with Crippen molar-refractivity contribution in [3.8, 4) is 0 Å². The highest BCUT2D eigenvalue weighted by Crippen LogP contribution is 2.40. The maximum absolute atomic E-state index is 2.44. The number of allylic oxidation sites excluding steroid dienone is 4. The van der Waals surface area contributed by atoms with E-state index in [1.807, 2.05) is 0 Å². The van der Waals surface area contributed by atoms with E-state index in [9.17, 15) is 0 Å². The van der Waals surface area contributed by atoms with Gasteiger partial charge in [-0.3, -0.25) is 0 Å². The second kappa shape index (κ2) is 3.36. The van der Waals surface area contributed by atoms with Gasteiger partial charge in [0.15, 0.2) is 0 Å². The van der Waals surface area contributed by atoms with E-state index in [2.05, 4.69) is 54.6 Å². The average molecular weight is 176 g/mol. The van der Waals surface area contributed by atoms with Crippen molar-refractivity contribution in [2.75, 3.05) is 0 Å². The van der Waals surface area contributed by atoms with E-state index in [0.29, 0.717) is 17.2 Å². The van der Waals surface area contributed by atoms with E-state index in [1.165, 1.54) is 5.57 Å². The van der Waals surface area contributed by atoms with E-state index in [-0.39, 0.29) is 0 Å². The molecule has 2 atom stereocenters. The first kappa shape index (κ1) is 10.6. The Morgan fingerprint density at radius 3 is 2.15 bits per heavy atom. The summed E-state index contributed by atoms with van der Waals surface area (Å²) in [5.74, 6) is 1.25. The van der Waals surface area contributed by atoms with Gasteiger partial charge in [0.1, 0.15) is 7.85 Å². The van der Waals surface area contributed by atoms with Crippen molar-refractivity contribution in [2.24, 2.45) is 11.8 Å². The summed E-state index contributed by atoms with van der Waals surface area (Å²) < 4.78 is 0. The van der Waals surface area contributed by atoms with Crippen LogP contribution < -0.4 is 0 Å². The Bertz CT molecular complexity index is 253. The van der Waals surface area contributed by atoms with E-state index in [1.54, 1.807) is 5.57 Å². The maximum atomic E-state index is 2.44. The molecular formula is C12H21B. The second-order valence-electron chi connectivity index (χ2n) is 5.36. The van der Waals surface area contributed by atoms with Crippen molar-refractivity contribution in [1.82, 2.24) is 0 Å². The molecule has 0 aromatic carbocycles. The quantitative estimate of drug-likeness (QED) is 0.425. The molecule has 2 unspecified atom stereocenters. The number of hydrogen-bond acceptors (Lipinski definition) is 0. The van der Waals surface area contributed by atoms with Crippen LogP contribution in [0.15, 0.2) is 23.3 Å². The lowest BCUT2D eigenvalue weighted by atomic mass is 9.61. The predicted molar refractivity (Wildman–Crippen MR) is 62.8 cm³/mol. The van der Waals surface area contributed by atoms with Crippen LogP contribution in [0.1, 0.15) is 34.6 Å². The first-order valence-electron chi connectivity index (χ1n) is 5.23. The fraction of sp³-hybridized carbons (Fsp3) is 0.667. The zero-order valence-corrected chi connectivity index (χ0v) is 9.81. The summed E-state index contributed by atoms with van der Waals surface area (Å²) >= 11 is 0. The Hall–Kier alpha value is -0.455. The average Bonchev–Trinajstić information content (AvgIpc) is 1.94. The van der Waals surface area contributed by atoms with Gasteiger partial charge < -0.3 is 0 Å². The van der Waals surface area contributed by atoms with Crippen molar-refractivity contribution >= 4 is 7.85 Å². The van der Waals surface area contributed by atoms with Crippen LogP contribution >= 0.6 is 0 Å². The molecule has 1 heteroatoms. The van der Waals surface area contributed by atoms with E-state index >= 15 is 0 Å². The fourth-order valence-corrected chi connectivity index (χ4v) is 2.12. The third-order valence-electron chi connectivity index (χ3n) is 3.02. The smallest absolute Gasteiger partial charge is 0.0781 e. The van der Waals surface area contributed by atoms with Crippen molar-refractivity contribution in [1.29, 1.82) is 0 Å². The van der Waals surface area contributed by atoms with Crippen LogP contribution in [0.25, 0.3) is 0 Å². The van der Waals surface area contributed by atoms with Crippen LogP contribution in [0.5, 0.6) is 0 Å². The molecule has 0 aromatic rings. The monoisotopic (exact) mass is 176 g/mol. The second-order valence-corrected chi connectivity index (χ2v) is 5.36. The first-order chi connectivity index (χ1) is 5.82. The summed E-state index contributed by atoms with van der Waals surface area (Å²) in [6, 6.07) is 0. The summed E-state index contributed by atoms with van der Waals surface area (Å²) in [6.07, 6.45) is 4.85. The molecule has 1 rings (SSSR count). The first-order valence-corrected chi connectivity index (χ1v) is 5.23. The Labute approximate surface area is 83.5 Å². The molecule has 0 radical (unpaired) electrons. The van der Waals surface area contributed by atoms with Gasteiger partial charge in [0.25, 0.3) is 0 Å². The molecule has 0 amide bonds. The van der Waals surface area contributed by atoms with Crippen molar-refractivity contribution in [3.63, 3.8) is 0 Å². The largest absolute Gasteiger partial charge is 0.114 e. The van der Waals surface area contributed by atoms with Gasteiger partial charge in [-0.2, -0.15) is 0 Å². The van der Waals surface area contributed by atoms with Gasteiger partial charge in [0, 0.05) is 0 Å². The third-order valence-corrected chi connectivity index (χ3v) is 3.02. The van der Waals surface area contributed by atoms with Gasteiger partial charge in [-0.1, -0.05) is 51.0 Å². The van der Waals surface area contributed by atoms with Crippen LogP contribution in [0, 0.1) is 11.8 Å². The van der Waals surface area contributed by atoms with Gasteiger partial charge in [-0.25, -0.2) is 0 Å². The molecule has 0 saturated heterocycles. The highest BCUT2D eigenvalue weighted by atomic mass is 14.3. The lowest BCUT2D eigenvalue weighted by Crippen LogP contribution is -2.17. The van der Waals surface area contributed by atoms with Crippen LogP contribution in [0.2, 0.25) is 5.31 Å². The van der Waals surface area contributed by atoms with Gasteiger partial charge >= 0.3 is 0 Å². The summed E-state index contributed by atoms with van der Waals surface area (Å²) in [5.41, 5.74) is 3.10. The molecule has 1 aliphatic carbocycles. The molecule has 13 heavy (non-hydrogen) atoms. The highest BCUT2D eigenvalue weighted by molar-refractivity contribution is 6.16. The standard InChI is InChI=1S/C12H21B/c1-8-6-10(3)11(7-9(8)2)12(4,5)13/h6-7,9-10H,13H2,1-5H3. The summed E-state index contributed by atoms with van der Waals surface area (Å²) in [6.45, 7) is 11.4. The molecule has 0 aliphatic heterocycles. The van der Waals surface area contributed by atoms with Gasteiger partial charge in [-0.05, 0) is 24.1 Å². The Morgan fingerprint density at radius 2 is 1.69 bits per heavy atom. The topological polar surface area (TPSA) is 0 Å². The molecule has 0 nitrogen and oxygen atoms in total. The van der Waals surface area contributed by atoms with E-state index in [0.717, 1.165) is 0 Å². The molecule has 0 fully saturated rings. The minimum atomic E-state index is 0.324. The van der Waals surface area contributed by atoms with Gasteiger partial charge in [0.2, 0.25) is 0 Å². The molecule has 0 aromatic heterocycles. The Balaban J connectivity index is 2.96. The minimum absolute atomic E-state index is 0.324. The predicted octanol–water partition coefficient (Wildman–Crippen LogP) is 2.98. The normalized spacial score (nSPS) is 29.6. The lowest BCUT2D eigenvalue weighted by Gasteiger charge is -2.32. The Morgan fingerprint density at radius 1 is 1.15 bits per heavy atom. The van der Waals surface area contributed by atoms with Gasteiger partial charge in [0.05, 0.1) is 0 Å². The summed E-state index contributed by atoms with van der Waals surface area (Å²) in [4.78, 5) is 0. The molecule has 0 N–H and O–H groups in total. The van der Waals surface area contributed by atoms with E-state index in [4.69, 9.17) is 0 Å². The third kappa shape index (κ3) is 2.27. The van der Waals surface area contributed by atoms with Crippen molar-refractivity contribution in [2.45, 2.75) is 39.9 Å². The van der Waals surface area contributed by atoms with Crippen molar-refractivity contribution in [3.05, 3.63) is 23.3 Å². The number of rotatable bonds is 1. The number of hydrogen-bond donors (Lipinski definition) is 0. The maximum Gasteiger partial charge on any atom is 0.114 e. The van der Waals surface area contributed by atoms with Crippen LogP contribution in [0.4, 0.5) is 0 Å². The highest BCUT2D eigenvalue weighted by Gasteiger charge is 2.24. The lowest BCUT2D eigenvalue weighted by molar-refractivity contribution is 0.636. The Kier molecular flexibility index (Phi) is 2.75. The van der Waals surface area contributed by atoms with Crippen molar-refractivity contribution < 1.29 is 0 Å². The molecule has 1 aliphatic rings. The van der Waals surface area contributed by atoms with Crippen LogP contribution in [-0.4, -0.2) is 7.85 Å². The fourth-order valence-electron chi connectivity index (χ4n) is 2.12. The zero-order chi connectivity index (χ0) is 10.2. The molecule has 0 saturated carbocycles. The molecule has 0 heterocycles. The summed E-state index contributed by atoms with van der Waals surface area (Å²) in [5, 5.41) is 0.324. The zero-order valence-electron chi connectivity index (χ0n) is 9.81. The minimum Gasteiger partial charge on any atom is -0.0781 e. The van der Waals surface area contributed by atoms with Crippen LogP contribution in [-0.2, 0) is 0 Å². The van der Waals surface area contributed by atoms with Crippen LogP contribution in [0.3, 0.4) is 0 Å². The van der Waals surface area contributed by atoms with Gasteiger partial charge in [-0.15, -0.1) is 0 Å². The molecule has 72 valence electrons. The molecule has 0 spiro atoms. The molecule has 0 bridgehead atoms. The SMILES string of the molecule is BC(C)(C)C1=CC(C)C(C)=CC1C.